The maximum atomic E-state index is 12.1. The van der Waals surface area contributed by atoms with Gasteiger partial charge in [0.25, 0.3) is 0 Å². The lowest BCUT2D eigenvalue weighted by Gasteiger charge is -2.28. The molecule has 1 amide bonds. The van der Waals surface area contributed by atoms with Gasteiger partial charge in [-0.25, -0.2) is 0 Å². The van der Waals surface area contributed by atoms with E-state index in [1.54, 1.807) is 0 Å². The van der Waals surface area contributed by atoms with E-state index in [1.807, 2.05) is 11.9 Å². The van der Waals surface area contributed by atoms with Crippen molar-refractivity contribution < 1.29 is 4.79 Å². The number of nitrogens with one attached hydrogen (secondary N) is 1. The van der Waals surface area contributed by atoms with Gasteiger partial charge in [-0.3, -0.25) is 4.79 Å². The quantitative estimate of drug-likeness (QED) is 0.847. The fraction of sp³-hybridized carbons (Fsp3) is 0.923. The highest BCUT2D eigenvalue weighted by Gasteiger charge is 2.28. The van der Waals surface area contributed by atoms with Crippen LogP contribution in [0.2, 0.25) is 0 Å². The molecule has 0 aromatic heterocycles. The summed E-state index contributed by atoms with van der Waals surface area (Å²) in [5, 5.41) is 3.24. The van der Waals surface area contributed by atoms with Crippen LogP contribution in [0, 0.1) is 11.3 Å². The molecule has 2 atom stereocenters. The number of nitrogens with zero attached hydrogens (tertiary/aromatic N) is 1. The smallest absolute Gasteiger partial charge is 0.222 e. The standard InChI is InChI=1S/C13H26N2O.ClH/c1-10(13(2,3)4)8-12(16)15-7-6-11(9-15)14-5;/h10-11,14H,6-9H2,1-5H3;1H. The van der Waals surface area contributed by atoms with E-state index in [9.17, 15) is 4.79 Å². The predicted octanol–water partition coefficient (Wildman–Crippen LogP) is 2.30. The van der Waals surface area contributed by atoms with Gasteiger partial charge < -0.3 is 10.2 Å². The third-order valence-corrected chi connectivity index (χ3v) is 3.91. The monoisotopic (exact) mass is 262 g/mol. The molecule has 0 aromatic rings. The van der Waals surface area contributed by atoms with Crippen molar-refractivity contribution in [2.24, 2.45) is 11.3 Å². The minimum Gasteiger partial charge on any atom is -0.341 e. The lowest BCUT2D eigenvalue weighted by atomic mass is 9.80. The van der Waals surface area contributed by atoms with E-state index in [2.05, 4.69) is 33.0 Å². The van der Waals surface area contributed by atoms with E-state index in [4.69, 9.17) is 0 Å². The summed E-state index contributed by atoms with van der Waals surface area (Å²) in [4.78, 5) is 14.1. The van der Waals surface area contributed by atoms with E-state index >= 15 is 0 Å². The SMILES string of the molecule is CNC1CCN(C(=O)CC(C)C(C)(C)C)C1.Cl. The van der Waals surface area contributed by atoms with Crippen LogP contribution in [-0.2, 0) is 4.79 Å². The van der Waals surface area contributed by atoms with E-state index in [0.717, 1.165) is 19.5 Å². The molecule has 0 saturated carbocycles. The second-order valence-electron chi connectivity index (χ2n) is 6.09. The first-order valence-electron chi connectivity index (χ1n) is 6.29. The van der Waals surface area contributed by atoms with Crippen LogP contribution in [0.25, 0.3) is 0 Å². The molecule has 1 N–H and O–H groups in total. The van der Waals surface area contributed by atoms with Crippen LogP contribution >= 0.6 is 12.4 Å². The molecule has 3 nitrogen and oxygen atoms in total. The number of likely N-dealkylation sites (N-methyl/N-ethyl adjacent to an activating group) is 1. The molecular formula is C13H27ClN2O. The van der Waals surface area contributed by atoms with Crippen molar-refractivity contribution >= 4 is 18.3 Å². The Morgan fingerprint density at radius 3 is 2.47 bits per heavy atom. The van der Waals surface area contributed by atoms with Gasteiger partial charge in [-0.1, -0.05) is 27.7 Å². The highest BCUT2D eigenvalue weighted by molar-refractivity contribution is 5.85. The van der Waals surface area contributed by atoms with Crippen molar-refractivity contribution in [2.45, 2.75) is 46.6 Å². The van der Waals surface area contributed by atoms with Crippen LogP contribution in [0.1, 0.15) is 40.5 Å². The zero-order valence-electron chi connectivity index (χ0n) is 11.7. The first-order valence-corrected chi connectivity index (χ1v) is 6.29. The fourth-order valence-electron chi connectivity index (χ4n) is 1.92. The summed E-state index contributed by atoms with van der Waals surface area (Å²) in [6.45, 7) is 10.6. The van der Waals surface area contributed by atoms with Crippen LogP contribution in [0.4, 0.5) is 0 Å². The Morgan fingerprint density at radius 2 is 2.06 bits per heavy atom. The molecule has 1 rings (SSSR count). The number of hydrogen-bond acceptors (Lipinski definition) is 2. The highest BCUT2D eigenvalue weighted by Crippen LogP contribution is 2.28. The third kappa shape index (κ3) is 4.84. The topological polar surface area (TPSA) is 32.3 Å². The first-order chi connectivity index (χ1) is 7.34. The van der Waals surface area contributed by atoms with Crippen LogP contribution in [0.5, 0.6) is 0 Å². The molecule has 4 heteroatoms. The molecule has 0 spiro atoms. The van der Waals surface area contributed by atoms with Crippen LogP contribution in [-0.4, -0.2) is 37.0 Å². The van der Waals surface area contributed by atoms with Gasteiger partial charge in [0.2, 0.25) is 5.91 Å². The molecule has 102 valence electrons. The van der Waals surface area contributed by atoms with Crippen molar-refractivity contribution in [3.05, 3.63) is 0 Å². The molecular weight excluding hydrogens is 236 g/mol. The maximum Gasteiger partial charge on any atom is 0.222 e. The normalized spacial score (nSPS) is 22.2. The summed E-state index contributed by atoms with van der Waals surface area (Å²) < 4.78 is 0. The fourth-order valence-corrected chi connectivity index (χ4v) is 1.92. The summed E-state index contributed by atoms with van der Waals surface area (Å²) in [5.41, 5.74) is 0.220. The predicted molar refractivity (Wildman–Crippen MR) is 74.5 cm³/mol. The molecule has 1 aliphatic rings. The number of carbonyl (C=O) groups is 1. The molecule has 17 heavy (non-hydrogen) atoms. The molecule has 1 saturated heterocycles. The number of halogens is 1. The maximum absolute atomic E-state index is 12.1. The Kier molecular flexibility index (Phi) is 6.49. The molecule has 1 fully saturated rings. The summed E-state index contributed by atoms with van der Waals surface area (Å²) >= 11 is 0. The average molecular weight is 263 g/mol. The second-order valence-corrected chi connectivity index (χ2v) is 6.09. The van der Waals surface area contributed by atoms with Crippen molar-refractivity contribution in [3.8, 4) is 0 Å². The molecule has 0 radical (unpaired) electrons. The van der Waals surface area contributed by atoms with Gasteiger partial charge in [0.15, 0.2) is 0 Å². The van der Waals surface area contributed by atoms with Gasteiger partial charge in [0.05, 0.1) is 0 Å². The Hall–Kier alpha value is -0.280. The van der Waals surface area contributed by atoms with Crippen molar-refractivity contribution in [1.82, 2.24) is 10.2 Å². The van der Waals surface area contributed by atoms with Crippen molar-refractivity contribution in [2.75, 3.05) is 20.1 Å². The van der Waals surface area contributed by atoms with E-state index < -0.39 is 0 Å². The van der Waals surface area contributed by atoms with E-state index in [-0.39, 0.29) is 17.8 Å². The van der Waals surface area contributed by atoms with E-state index in [0.29, 0.717) is 24.3 Å². The van der Waals surface area contributed by atoms with Gasteiger partial charge in [-0.05, 0) is 24.8 Å². The lowest BCUT2D eigenvalue weighted by molar-refractivity contribution is -0.131. The van der Waals surface area contributed by atoms with Crippen molar-refractivity contribution in [1.29, 1.82) is 0 Å². The van der Waals surface area contributed by atoms with Crippen LogP contribution in [0.3, 0.4) is 0 Å². The molecule has 0 bridgehead atoms. The van der Waals surface area contributed by atoms with E-state index in [1.165, 1.54) is 0 Å². The average Bonchev–Trinajstić information content (AvgIpc) is 2.64. The molecule has 2 unspecified atom stereocenters. The Balaban J connectivity index is 0.00000256. The number of carbonyl (C=O) groups excluding carboxylic acids is 1. The van der Waals surface area contributed by atoms with Crippen LogP contribution in [0.15, 0.2) is 0 Å². The highest BCUT2D eigenvalue weighted by atomic mass is 35.5. The first kappa shape index (κ1) is 16.7. The zero-order chi connectivity index (χ0) is 12.3. The Morgan fingerprint density at radius 1 is 1.47 bits per heavy atom. The van der Waals surface area contributed by atoms with Gasteiger partial charge >= 0.3 is 0 Å². The summed E-state index contributed by atoms with van der Waals surface area (Å²) in [6.07, 6.45) is 1.77. The zero-order valence-corrected chi connectivity index (χ0v) is 12.6. The summed E-state index contributed by atoms with van der Waals surface area (Å²) in [7, 11) is 1.97. The minimum atomic E-state index is 0. The molecule has 0 aliphatic carbocycles. The third-order valence-electron chi connectivity index (χ3n) is 3.91. The van der Waals surface area contributed by atoms with Gasteiger partial charge in [0, 0.05) is 25.6 Å². The van der Waals surface area contributed by atoms with Gasteiger partial charge in [0.1, 0.15) is 0 Å². The Labute approximate surface area is 112 Å². The Bertz CT molecular complexity index is 250. The summed E-state index contributed by atoms with van der Waals surface area (Å²) in [6, 6.07) is 0.494. The number of rotatable bonds is 3. The lowest BCUT2D eigenvalue weighted by Crippen LogP contribution is -2.35. The molecule has 1 heterocycles. The number of hydrogen-bond donors (Lipinski definition) is 1. The van der Waals surface area contributed by atoms with Crippen LogP contribution < -0.4 is 5.32 Å². The number of likely N-dealkylation sites (tertiary alicyclic amines) is 1. The second kappa shape index (κ2) is 6.60. The molecule has 0 aromatic carbocycles. The van der Waals surface area contributed by atoms with Crippen molar-refractivity contribution in [3.63, 3.8) is 0 Å². The van der Waals surface area contributed by atoms with Gasteiger partial charge in [-0.15, -0.1) is 12.4 Å². The minimum absolute atomic E-state index is 0. The number of amides is 1. The largest absolute Gasteiger partial charge is 0.341 e. The summed E-state index contributed by atoms with van der Waals surface area (Å²) in [5.74, 6) is 0.758. The molecule has 1 aliphatic heterocycles. The van der Waals surface area contributed by atoms with Gasteiger partial charge in [-0.2, -0.15) is 0 Å².